The molecule has 0 amide bonds. The summed E-state index contributed by atoms with van der Waals surface area (Å²) in [6.45, 7) is 3.53. The smallest absolute Gasteiger partial charge is 0.141 e. The van der Waals surface area contributed by atoms with Gasteiger partial charge in [-0.1, -0.05) is 0 Å². The molecule has 0 aliphatic heterocycles. The topological polar surface area (TPSA) is 50.9 Å². The largest absolute Gasteiger partial charge is 0.330 e. The molecule has 1 aromatic rings. The lowest BCUT2D eigenvalue weighted by atomic mass is 10.2. The molecule has 78 valence electrons. The highest BCUT2D eigenvalue weighted by Gasteiger charge is 2.04. The predicted octanol–water partition coefficient (Wildman–Crippen LogP) is 1.22. The molecule has 0 aliphatic rings. The third-order valence-electron chi connectivity index (χ3n) is 2.03. The highest BCUT2D eigenvalue weighted by Crippen LogP contribution is 2.08. The number of hydrogen-bond donors (Lipinski definition) is 2. The van der Waals surface area contributed by atoms with Crippen molar-refractivity contribution < 1.29 is 4.39 Å². The van der Waals surface area contributed by atoms with Gasteiger partial charge in [0.2, 0.25) is 0 Å². The Kier molecular flexibility index (Phi) is 4.49. The second kappa shape index (κ2) is 5.67. The Balaban J connectivity index is 2.43. The van der Waals surface area contributed by atoms with Crippen LogP contribution in [0, 0.1) is 5.82 Å². The molecule has 0 spiro atoms. The Labute approximate surface area is 83.5 Å². The Hall–Kier alpha value is -1.00. The highest BCUT2D eigenvalue weighted by molar-refractivity contribution is 5.08. The maximum atomic E-state index is 12.6. The molecule has 14 heavy (non-hydrogen) atoms. The number of rotatable bonds is 5. The molecule has 0 bridgehead atoms. The van der Waals surface area contributed by atoms with Gasteiger partial charge in [-0.15, -0.1) is 0 Å². The van der Waals surface area contributed by atoms with E-state index in [4.69, 9.17) is 5.73 Å². The Morgan fingerprint density at radius 2 is 2.36 bits per heavy atom. The molecule has 1 unspecified atom stereocenters. The van der Waals surface area contributed by atoms with Crippen molar-refractivity contribution in [3.05, 3.63) is 29.8 Å². The molecule has 1 atom stereocenters. The van der Waals surface area contributed by atoms with Crippen molar-refractivity contribution in [3.63, 3.8) is 0 Å². The number of nitrogens with one attached hydrogen (secondary N) is 1. The van der Waals surface area contributed by atoms with Crippen molar-refractivity contribution >= 4 is 0 Å². The number of nitrogens with two attached hydrogens (primary N) is 1. The van der Waals surface area contributed by atoms with Gasteiger partial charge in [0.25, 0.3) is 0 Å². The van der Waals surface area contributed by atoms with E-state index >= 15 is 0 Å². The fraction of sp³-hybridized carbons (Fsp3) is 0.500. The zero-order chi connectivity index (χ0) is 10.4. The van der Waals surface area contributed by atoms with Gasteiger partial charge < -0.3 is 11.1 Å². The van der Waals surface area contributed by atoms with Crippen LogP contribution in [0.2, 0.25) is 0 Å². The van der Waals surface area contributed by atoms with Crippen LogP contribution in [0.1, 0.15) is 25.1 Å². The first-order chi connectivity index (χ1) is 6.74. The Morgan fingerprint density at radius 3 is 2.93 bits per heavy atom. The first kappa shape index (κ1) is 11.1. The van der Waals surface area contributed by atoms with Crippen LogP contribution >= 0.6 is 0 Å². The Morgan fingerprint density at radius 1 is 1.57 bits per heavy atom. The van der Waals surface area contributed by atoms with Crippen LogP contribution in [0.15, 0.2) is 18.3 Å². The maximum Gasteiger partial charge on any atom is 0.141 e. The van der Waals surface area contributed by atoms with Crippen LogP contribution in [0.3, 0.4) is 0 Å². The van der Waals surface area contributed by atoms with E-state index in [1.807, 2.05) is 6.92 Å². The minimum Gasteiger partial charge on any atom is -0.330 e. The summed E-state index contributed by atoms with van der Waals surface area (Å²) >= 11 is 0. The molecule has 0 saturated heterocycles. The second-order valence-electron chi connectivity index (χ2n) is 3.22. The average molecular weight is 197 g/mol. The number of nitrogens with zero attached hydrogens (tertiary/aromatic N) is 1. The summed E-state index contributed by atoms with van der Waals surface area (Å²) in [5, 5.41) is 3.25. The zero-order valence-corrected chi connectivity index (χ0v) is 8.33. The molecular formula is C10H16FN3. The van der Waals surface area contributed by atoms with Crippen molar-refractivity contribution in [1.29, 1.82) is 0 Å². The van der Waals surface area contributed by atoms with E-state index < -0.39 is 0 Å². The van der Waals surface area contributed by atoms with Crippen molar-refractivity contribution in [2.45, 2.75) is 19.4 Å². The van der Waals surface area contributed by atoms with Crippen LogP contribution in [0.4, 0.5) is 4.39 Å². The molecule has 4 heteroatoms. The van der Waals surface area contributed by atoms with Crippen molar-refractivity contribution in [2.24, 2.45) is 5.73 Å². The van der Waals surface area contributed by atoms with Gasteiger partial charge in [0.1, 0.15) is 5.82 Å². The van der Waals surface area contributed by atoms with E-state index in [1.165, 1.54) is 12.3 Å². The molecule has 0 aliphatic carbocycles. The van der Waals surface area contributed by atoms with Gasteiger partial charge >= 0.3 is 0 Å². The molecule has 3 N–H and O–H groups in total. The maximum absolute atomic E-state index is 12.6. The van der Waals surface area contributed by atoms with Gasteiger partial charge in [-0.3, -0.25) is 4.98 Å². The molecule has 0 fully saturated rings. The van der Waals surface area contributed by atoms with Gasteiger partial charge in [-0.2, -0.15) is 0 Å². The van der Waals surface area contributed by atoms with Gasteiger partial charge in [0, 0.05) is 6.04 Å². The van der Waals surface area contributed by atoms with Gasteiger partial charge in [0.15, 0.2) is 0 Å². The van der Waals surface area contributed by atoms with E-state index in [1.54, 1.807) is 6.07 Å². The highest BCUT2D eigenvalue weighted by atomic mass is 19.1. The summed E-state index contributed by atoms with van der Waals surface area (Å²) in [6.07, 6.45) is 2.17. The van der Waals surface area contributed by atoms with Crippen LogP contribution < -0.4 is 11.1 Å². The molecule has 1 rings (SSSR count). The molecule has 0 saturated carbocycles. The summed E-state index contributed by atoms with van der Waals surface area (Å²) in [7, 11) is 0. The SMILES string of the molecule is CC(NCCCN)c1ccc(F)cn1. The lowest BCUT2D eigenvalue weighted by molar-refractivity contribution is 0.545. The molecule has 1 aromatic heterocycles. The fourth-order valence-corrected chi connectivity index (χ4v) is 1.17. The lowest BCUT2D eigenvalue weighted by Gasteiger charge is -2.12. The number of halogens is 1. The second-order valence-corrected chi connectivity index (χ2v) is 3.22. The van der Waals surface area contributed by atoms with Crippen LogP contribution in [0.25, 0.3) is 0 Å². The summed E-state index contributed by atoms with van der Waals surface area (Å²) in [4.78, 5) is 3.99. The van der Waals surface area contributed by atoms with Crippen molar-refractivity contribution in [1.82, 2.24) is 10.3 Å². The number of hydrogen-bond acceptors (Lipinski definition) is 3. The quantitative estimate of drug-likeness (QED) is 0.698. The van der Waals surface area contributed by atoms with E-state index in [2.05, 4.69) is 10.3 Å². The van der Waals surface area contributed by atoms with Gasteiger partial charge in [-0.25, -0.2) is 4.39 Å². The standard InChI is InChI=1S/C10H16FN3/c1-8(13-6-2-5-12)10-4-3-9(11)7-14-10/h3-4,7-8,13H,2,5-6,12H2,1H3. The van der Waals surface area contributed by atoms with Crippen molar-refractivity contribution in [3.8, 4) is 0 Å². The minimum absolute atomic E-state index is 0.141. The van der Waals surface area contributed by atoms with Gasteiger partial charge in [-0.05, 0) is 38.6 Å². The molecule has 1 heterocycles. The zero-order valence-electron chi connectivity index (χ0n) is 8.33. The van der Waals surface area contributed by atoms with Gasteiger partial charge in [0.05, 0.1) is 11.9 Å². The lowest BCUT2D eigenvalue weighted by Crippen LogP contribution is -2.22. The first-order valence-electron chi connectivity index (χ1n) is 4.79. The third kappa shape index (κ3) is 3.40. The average Bonchev–Trinajstić information content (AvgIpc) is 2.19. The third-order valence-corrected chi connectivity index (χ3v) is 2.03. The number of pyridine rings is 1. The van der Waals surface area contributed by atoms with Crippen molar-refractivity contribution in [2.75, 3.05) is 13.1 Å². The van der Waals surface area contributed by atoms with E-state index in [-0.39, 0.29) is 11.9 Å². The van der Waals surface area contributed by atoms with E-state index in [0.29, 0.717) is 6.54 Å². The monoisotopic (exact) mass is 197 g/mol. The molecule has 3 nitrogen and oxygen atoms in total. The molecular weight excluding hydrogens is 181 g/mol. The summed E-state index contributed by atoms with van der Waals surface area (Å²) in [5.41, 5.74) is 6.22. The normalized spacial score (nSPS) is 12.8. The van der Waals surface area contributed by atoms with Crippen LogP contribution in [0.5, 0.6) is 0 Å². The molecule has 0 aromatic carbocycles. The van der Waals surface area contributed by atoms with Crippen LogP contribution in [-0.2, 0) is 0 Å². The molecule has 0 radical (unpaired) electrons. The summed E-state index contributed by atoms with van der Waals surface area (Å²) in [5.74, 6) is -0.303. The first-order valence-corrected chi connectivity index (χ1v) is 4.79. The van der Waals surface area contributed by atoms with Crippen LogP contribution in [-0.4, -0.2) is 18.1 Å². The summed E-state index contributed by atoms with van der Waals surface area (Å²) < 4.78 is 12.6. The summed E-state index contributed by atoms with van der Waals surface area (Å²) in [6, 6.07) is 3.25. The Bertz CT molecular complexity index is 261. The van der Waals surface area contributed by atoms with E-state index in [0.717, 1.165) is 18.7 Å². The van der Waals surface area contributed by atoms with E-state index in [9.17, 15) is 4.39 Å². The minimum atomic E-state index is -0.303. The number of aromatic nitrogens is 1. The fourth-order valence-electron chi connectivity index (χ4n) is 1.17. The predicted molar refractivity (Wildman–Crippen MR) is 54.3 cm³/mol.